The molecule has 0 aromatic rings. The molecule has 0 aliphatic heterocycles. The fraction of sp³-hybridized carbons (Fsp3) is 1.00. The molecule has 4 saturated carbocycles. The molecule has 0 radical (unpaired) electrons. The van der Waals surface area contributed by atoms with Gasteiger partial charge in [0.2, 0.25) is 31.2 Å². The van der Waals surface area contributed by atoms with Crippen LogP contribution in [0.1, 0.15) is 85.0 Å². The van der Waals surface area contributed by atoms with E-state index in [1.54, 1.807) is 0 Å². The van der Waals surface area contributed by atoms with Crippen LogP contribution in [-0.4, -0.2) is 57.7 Å². The Morgan fingerprint density at radius 2 is 1.33 bits per heavy atom. The first-order chi connectivity index (χ1) is 17.8. The quantitative estimate of drug-likeness (QED) is 0.0915. The third kappa shape index (κ3) is 10.1. The zero-order chi connectivity index (χ0) is 29.0. The summed E-state index contributed by atoms with van der Waals surface area (Å²) < 4.78 is 114. The first-order valence-electron chi connectivity index (χ1n) is 13.7. The maximum absolute atomic E-state index is 11.5. The molecule has 0 amide bonds. The maximum atomic E-state index is 11.5. The Kier molecular flexibility index (Phi) is 16.1. The van der Waals surface area contributed by atoms with Crippen LogP contribution in [0.25, 0.3) is 0 Å². The monoisotopic (exact) mass is 684 g/mol. The molecular formula is C24H39Na3O12S3. The second-order valence-electron chi connectivity index (χ2n) is 12.8. The van der Waals surface area contributed by atoms with Gasteiger partial charge in [0.1, 0.15) is 12.2 Å². The summed E-state index contributed by atoms with van der Waals surface area (Å²) in [5.41, 5.74) is -0.322. The molecule has 0 bridgehead atoms. The van der Waals surface area contributed by atoms with E-state index in [1.165, 1.54) is 0 Å². The van der Waals surface area contributed by atoms with Gasteiger partial charge in [0.05, 0.1) is 6.61 Å². The molecule has 10 atom stereocenters. The summed E-state index contributed by atoms with van der Waals surface area (Å²) in [5, 5.41) is 0. The van der Waals surface area contributed by atoms with Crippen molar-refractivity contribution in [1.29, 1.82) is 0 Å². The summed E-state index contributed by atoms with van der Waals surface area (Å²) in [5.74, 6) is 1.80. The average Bonchev–Trinajstić information content (AvgIpc) is 3.12. The van der Waals surface area contributed by atoms with Gasteiger partial charge in [0, 0.05) is 0 Å². The molecule has 0 saturated heterocycles. The van der Waals surface area contributed by atoms with Crippen LogP contribution in [0.5, 0.6) is 0 Å². The molecule has 4 aliphatic rings. The molecule has 12 nitrogen and oxygen atoms in total. The molecule has 0 unspecified atom stereocenters. The van der Waals surface area contributed by atoms with Gasteiger partial charge in [-0.1, -0.05) is 20.8 Å². The number of hydrogen-bond acceptors (Lipinski definition) is 12. The average molecular weight is 685 g/mol. The first-order valence-corrected chi connectivity index (χ1v) is 17.7. The summed E-state index contributed by atoms with van der Waals surface area (Å²) in [6.45, 7) is 6.47. The minimum atomic E-state index is -5.15. The second-order valence-corrected chi connectivity index (χ2v) is 15.8. The van der Waals surface area contributed by atoms with Gasteiger partial charge in [-0.2, -0.15) is 0 Å². The molecule has 228 valence electrons. The van der Waals surface area contributed by atoms with Crippen molar-refractivity contribution in [3.05, 3.63) is 0 Å². The van der Waals surface area contributed by atoms with Crippen LogP contribution in [0.15, 0.2) is 0 Å². The van der Waals surface area contributed by atoms with Crippen LogP contribution in [0, 0.1) is 46.3 Å². The fourth-order valence-corrected chi connectivity index (χ4v) is 10.8. The second kappa shape index (κ2) is 15.9. The van der Waals surface area contributed by atoms with E-state index < -0.39 is 48.8 Å². The minimum Gasteiger partial charge on any atom is -0.726 e. The molecule has 4 aliphatic carbocycles. The Hall–Kier alpha value is 2.61. The van der Waals surface area contributed by atoms with Crippen LogP contribution >= 0.6 is 0 Å². The van der Waals surface area contributed by atoms with Gasteiger partial charge in [0.15, 0.2) is 0 Å². The van der Waals surface area contributed by atoms with E-state index >= 15 is 0 Å². The van der Waals surface area contributed by atoms with E-state index in [4.69, 9.17) is 4.18 Å². The number of hydrogen-bond donors (Lipinski definition) is 0. The smallest absolute Gasteiger partial charge is 0.726 e. The van der Waals surface area contributed by atoms with E-state index in [2.05, 4.69) is 29.1 Å². The first kappa shape index (κ1) is 42.6. The predicted octanol–water partition coefficient (Wildman–Crippen LogP) is -6.15. The van der Waals surface area contributed by atoms with Crippen molar-refractivity contribution in [2.75, 3.05) is 6.61 Å². The van der Waals surface area contributed by atoms with Crippen LogP contribution < -0.4 is 88.7 Å². The largest absolute Gasteiger partial charge is 1.00 e. The summed E-state index contributed by atoms with van der Waals surface area (Å²) in [7, 11) is -15.0. The maximum Gasteiger partial charge on any atom is 1.00 e. The summed E-state index contributed by atoms with van der Waals surface area (Å²) >= 11 is 0. The Balaban J connectivity index is 0.00000294. The Morgan fingerprint density at radius 1 is 0.762 bits per heavy atom. The van der Waals surface area contributed by atoms with Crippen molar-refractivity contribution in [3.63, 3.8) is 0 Å². The molecule has 18 heteroatoms. The molecule has 0 aromatic heterocycles. The minimum absolute atomic E-state index is 0. The third-order valence-electron chi connectivity index (χ3n) is 10.9. The van der Waals surface area contributed by atoms with Gasteiger partial charge in [-0.3, -0.25) is 12.5 Å². The van der Waals surface area contributed by atoms with E-state index in [1.807, 2.05) is 0 Å². The molecule has 42 heavy (non-hydrogen) atoms. The molecular weight excluding hydrogens is 645 g/mol. The summed E-state index contributed by atoms with van der Waals surface area (Å²) in [4.78, 5) is 0. The van der Waals surface area contributed by atoms with Crippen molar-refractivity contribution in [2.45, 2.75) is 97.2 Å². The van der Waals surface area contributed by atoms with Crippen LogP contribution in [0.3, 0.4) is 0 Å². The SMILES string of the molecule is C[C@H](CCCOS(=O)(=O)[O-])[C@H]1CC[C@H]2[C@@H]3CC[C@H]4C[C@H](OS(=O)(=O)[O-])[C@@H](OS(=O)(=O)[O-])C[C@]4(C)[C@H]3CC[C@]12C.[Na+].[Na+].[Na+]. The van der Waals surface area contributed by atoms with Crippen LogP contribution in [-0.2, 0) is 43.7 Å². The van der Waals surface area contributed by atoms with Gasteiger partial charge in [0.25, 0.3) is 0 Å². The fourth-order valence-electron chi connectivity index (χ4n) is 9.48. The van der Waals surface area contributed by atoms with Crippen molar-refractivity contribution >= 4 is 31.2 Å². The van der Waals surface area contributed by atoms with E-state index in [-0.39, 0.29) is 125 Å². The normalized spacial score (nSPS) is 38.9. The van der Waals surface area contributed by atoms with Crippen molar-refractivity contribution in [3.8, 4) is 0 Å². The van der Waals surface area contributed by atoms with E-state index in [0.29, 0.717) is 30.1 Å². The zero-order valence-electron chi connectivity index (χ0n) is 25.5. The van der Waals surface area contributed by atoms with Crippen molar-refractivity contribution in [1.82, 2.24) is 0 Å². The summed E-state index contributed by atoms with van der Waals surface area (Å²) in [6.07, 6.45) is 4.48. The van der Waals surface area contributed by atoms with Gasteiger partial charge < -0.3 is 13.7 Å². The Morgan fingerprint density at radius 3 is 1.90 bits per heavy atom. The number of rotatable bonds is 10. The van der Waals surface area contributed by atoms with Gasteiger partial charge >= 0.3 is 88.7 Å². The summed E-state index contributed by atoms with van der Waals surface area (Å²) in [6, 6.07) is 0. The molecule has 0 heterocycles. The van der Waals surface area contributed by atoms with Crippen LogP contribution in [0.2, 0.25) is 0 Å². The van der Waals surface area contributed by atoms with Crippen molar-refractivity contribution < 1.29 is 140 Å². The van der Waals surface area contributed by atoms with Crippen molar-refractivity contribution in [2.24, 2.45) is 46.3 Å². The van der Waals surface area contributed by atoms with Gasteiger partial charge in [-0.05, 0) is 111 Å². The Bertz CT molecular complexity index is 1230. The van der Waals surface area contributed by atoms with Gasteiger partial charge in [-0.15, -0.1) is 0 Å². The molecule has 0 aromatic carbocycles. The zero-order valence-corrected chi connectivity index (χ0v) is 34.0. The Labute approximate surface area is 317 Å². The van der Waals surface area contributed by atoms with Crippen LogP contribution in [0.4, 0.5) is 0 Å². The van der Waals surface area contributed by atoms with E-state index in [9.17, 15) is 38.9 Å². The molecule has 0 N–H and O–H groups in total. The van der Waals surface area contributed by atoms with Gasteiger partial charge in [-0.25, -0.2) is 25.3 Å². The van der Waals surface area contributed by atoms with E-state index in [0.717, 1.165) is 44.9 Å². The molecule has 4 rings (SSSR count). The molecule has 0 spiro atoms. The standard InChI is InChI=1S/C24H42O12S3.3Na/c1-15(5-4-12-34-37(25,26)27)18-8-9-19-17-7-6-16-13-21(35-38(28,29)30)22(36-39(31,32)33)14-24(16,3)20(17)10-11-23(18,19)2;;;/h15-22H,4-14H2,1-3H3,(H,25,26,27)(H,28,29,30)(H,31,32,33);;;/q;3*+1/p-3/t15-,16+,17+,18-,19+,20+,21+,22+,23-,24+;;;/m1.../s1. The number of fused-ring (bicyclic) bond motifs is 5. The molecule has 4 fully saturated rings. The topological polar surface area (TPSA) is 199 Å². The third-order valence-corrected chi connectivity index (χ3v) is 12.3. The predicted molar refractivity (Wildman–Crippen MR) is 134 cm³/mol.